The Bertz CT molecular complexity index is 521. The first-order valence-electron chi connectivity index (χ1n) is 8.08. The van der Waals surface area contributed by atoms with E-state index in [2.05, 4.69) is 15.6 Å². The molecule has 24 heavy (non-hydrogen) atoms. The van der Waals surface area contributed by atoms with Crippen LogP contribution in [0.1, 0.15) is 19.4 Å². The van der Waals surface area contributed by atoms with E-state index in [1.807, 2.05) is 19.9 Å². The molecular weight excluding hydrogens is 310 g/mol. The minimum atomic E-state index is 0.452. The van der Waals surface area contributed by atoms with Crippen molar-refractivity contribution in [2.75, 3.05) is 47.6 Å². The summed E-state index contributed by atoms with van der Waals surface area (Å²) in [7, 11) is 4.83. The lowest BCUT2D eigenvalue weighted by molar-refractivity contribution is 0.152. The van der Waals surface area contributed by atoms with Crippen LogP contribution in [0.4, 0.5) is 0 Å². The molecule has 136 valence electrons. The van der Waals surface area contributed by atoms with Crippen molar-refractivity contribution in [1.82, 2.24) is 10.6 Å². The van der Waals surface area contributed by atoms with Crippen molar-refractivity contribution in [2.24, 2.45) is 4.99 Å². The van der Waals surface area contributed by atoms with Crippen LogP contribution in [0.2, 0.25) is 0 Å². The fourth-order valence-corrected chi connectivity index (χ4v) is 2.11. The third-order valence-corrected chi connectivity index (χ3v) is 3.28. The second-order valence-corrected chi connectivity index (χ2v) is 4.84. The number of nitrogens with zero attached hydrogens (tertiary/aromatic N) is 1. The van der Waals surface area contributed by atoms with Crippen molar-refractivity contribution < 1.29 is 18.9 Å². The van der Waals surface area contributed by atoms with Gasteiger partial charge in [0, 0.05) is 31.3 Å². The van der Waals surface area contributed by atoms with Crippen molar-refractivity contribution in [3.05, 3.63) is 17.7 Å². The van der Waals surface area contributed by atoms with E-state index in [0.717, 1.165) is 18.1 Å². The van der Waals surface area contributed by atoms with Gasteiger partial charge >= 0.3 is 0 Å². The molecule has 0 aromatic heterocycles. The van der Waals surface area contributed by atoms with Crippen LogP contribution in [0.3, 0.4) is 0 Å². The van der Waals surface area contributed by atoms with Gasteiger partial charge in [-0.1, -0.05) is 0 Å². The van der Waals surface area contributed by atoms with Gasteiger partial charge in [-0.2, -0.15) is 0 Å². The highest BCUT2D eigenvalue weighted by molar-refractivity contribution is 5.79. The number of benzene rings is 1. The Morgan fingerprint density at radius 1 is 0.958 bits per heavy atom. The van der Waals surface area contributed by atoms with Gasteiger partial charge in [0.1, 0.15) is 5.75 Å². The molecule has 0 aliphatic rings. The van der Waals surface area contributed by atoms with Crippen LogP contribution in [0, 0.1) is 0 Å². The standard InChI is InChI=1S/C17H29N3O4/c1-6-18-17(19-8-9-24-7-2)20-12-13-10-15(22-4)16(23-5)11-14(13)21-3/h10-11H,6-9,12H2,1-5H3,(H2,18,19,20). The summed E-state index contributed by atoms with van der Waals surface area (Å²) in [6.45, 7) is 7.28. The smallest absolute Gasteiger partial charge is 0.191 e. The van der Waals surface area contributed by atoms with Gasteiger partial charge in [0.05, 0.1) is 34.5 Å². The molecule has 0 saturated heterocycles. The van der Waals surface area contributed by atoms with Crippen molar-refractivity contribution in [1.29, 1.82) is 0 Å². The van der Waals surface area contributed by atoms with Gasteiger partial charge in [0.2, 0.25) is 0 Å². The lowest BCUT2D eigenvalue weighted by Crippen LogP contribution is -2.39. The number of aliphatic imine (C=N–C) groups is 1. The van der Waals surface area contributed by atoms with Crippen LogP contribution in [0.25, 0.3) is 0 Å². The van der Waals surface area contributed by atoms with Crippen molar-refractivity contribution in [3.8, 4) is 17.2 Å². The van der Waals surface area contributed by atoms with Gasteiger partial charge in [0.25, 0.3) is 0 Å². The van der Waals surface area contributed by atoms with E-state index in [4.69, 9.17) is 18.9 Å². The van der Waals surface area contributed by atoms with Crippen molar-refractivity contribution in [3.63, 3.8) is 0 Å². The molecule has 0 amide bonds. The van der Waals surface area contributed by atoms with Gasteiger partial charge in [-0.05, 0) is 19.9 Å². The molecule has 0 aliphatic carbocycles. The predicted molar refractivity (Wildman–Crippen MR) is 95.4 cm³/mol. The maximum absolute atomic E-state index is 5.43. The largest absolute Gasteiger partial charge is 0.496 e. The van der Waals surface area contributed by atoms with Gasteiger partial charge in [-0.25, -0.2) is 4.99 Å². The molecular formula is C17H29N3O4. The molecule has 2 N–H and O–H groups in total. The highest BCUT2D eigenvalue weighted by Gasteiger charge is 2.11. The Hall–Kier alpha value is -2.15. The molecule has 0 bridgehead atoms. The van der Waals surface area contributed by atoms with E-state index in [0.29, 0.717) is 43.6 Å². The summed E-state index contributed by atoms with van der Waals surface area (Å²) in [6.07, 6.45) is 0. The van der Waals surface area contributed by atoms with E-state index in [1.54, 1.807) is 27.4 Å². The zero-order valence-corrected chi connectivity index (χ0v) is 15.3. The Balaban J connectivity index is 2.86. The fraction of sp³-hybridized carbons (Fsp3) is 0.588. The second kappa shape index (κ2) is 11.4. The number of hydrogen-bond acceptors (Lipinski definition) is 5. The monoisotopic (exact) mass is 339 g/mol. The summed E-state index contributed by atoms with van der Waals surface area (Å²) in [6, 6.07) is 3.68. The number of guanidine groups is 1. The lowest BCUT2D eigenvalue weighted by Gasteiger charge is -2.14. The van der Waals surface area contributed by atoms with Gasteiger partial charge in [-0.3, -0.25) is 0 Å². The normalized spacial score (nSPS) is 11.1. The highest BCUT2D eigenvalue weighted by Crippen LogP contribution is 2.34. The van der Waals surface area contributed by atoms with E-state index in [9.17, 15) is 0 Å². The number of ether oxygens (including phenoxy) is 4. The first-order chi connectivity index (χ1) is 11.7. The third-order valence-electron chi connectivity index (χ3n) is 3.28. The van der Waals surface area contributed by atoms with Crippen LogP contribution in [0.15, 0.2) is 17.1 Å². The Morgan fingerprint density at radius 2 is 1.62 bits per heavy atom. The summed E-state index contributed by atoms with van der Waals surface area (Å²) in [5.74, 6) is 2.72. The molecule has 1 rings (SSSR count). The second-order valence-electron chi connectivity index (χ2n) is 4.84. The average molecular weight is 339 g/mol. The van der Waals surface area contributed by atoms with E-state index in [-0.39, 0.29) is 0 Å². The van der Waals surface area contributed by atoms with E-state index < -0.39 is 0 Å². The van der Waals surface area contributed by atoms with Crippen LogP contribution in [-0.2, 0) is 11.3 Å². The number of nitrogens with one attached hydrogen (secondary N) is 2. The Kier molecular flexibility index (Phi) is 9.45. The van der Waals surface area contributed by atoms with Gasteiger partial charge in [-0.15, -0.1) is 0 Å². The van der Waals surface area contributed by atoms with Crippen LogP contribution in [-0.4, -0.2) is 53.6 Å². The molecule has 7 heteroatoms. The minimum Gasteiger partial charge on any atom is -0.496 e. The summed E-state index contributed by atoms with van der Waals surface area (Å²) >= 11 is 0. The SMILES string of the molecule is CCNC(=NCc1cc(OC)c(OC)cc1OC)NCCOCC. The Labute approximate surface area is 144 Å². The van der Waals surface area contributed by atoms with Crippen molar-refractivity contribution in [2.45, 2.75) is 20.4 Å². The van der Waals surface area contributed by atoms with Crippen LogP contribution in [0.5, 0.6) is 17.2 Å². The zero-order chi connectivity index (χ0) is 17.8. The summed E-state index contributed by atoms with van der Waals surface area (Å²) in [5, 5.41) is 6.44. The van der Waals surface area contributed by atoms with Crippen LogP contribution >= 0.6 is 0 Å². The number of methoxy groups -OCH3 is 3. The molecule has 7 nitrogen and oxygen atoms in total. The highest BCUT2D eigenvalue weighted by atomic mass is 16.5. The van der Waals surface area contributed by atoms with Gasteiger partial charge < -0.3 is 29.6 Å². The van der Waals surface area contributed by atoms with Crippen molar-refractivity contribution >= 4 is 5.96 Å². The molecule has 0 unspecified atom stereocenters. The first-order valence-corrected chi connectivity index (χ1v) is 8.08. The molecule has 0 radical (unpaired) electrons. The summed E-state index contributed by atoms with van der Waals surface area (Å²) in [5.41, 5.74) is 0.914. The molecule has 0 saturated carbocycles. The summed E-state index contributed by atoms with van der Waals surface area (Å²) in [4.78, 5) is 4.58. The average Bonchev–Trinajstić information content (AvgIpc) is 2.62. The van der Waals surface area contributed by atoms with Crippen LogP contribution < -0.4 is 24.8 Å². The molecule has 0 fully saturated rings. The Morgan fingerprint density at radius 3 is 2.21 bits per heavy atom. The number of hydrogen-bond donors (Lipinski definition) is 2. The molecule has 1 aromatic rings. The first kappa shape index (κ1) is 19.9. The summed E-state index contributed by atoms with van der Waals surface area (Å²) < 4.78 is 21.4. The molecule has 1 aromatic carbocycles. The number of rotatable bonds is 10. The molecule has 0 heterocycles. The third kappa shape index (κ3) is 6.16. The molecule has 0 atom stereocenters. The van der Waals surface area contributed by atoms with E-state index in [1.165, 1.54) is 0 Å². The molecule has 0 spiro atoms. The predicted octanol–water partition coefficient (Wildman–Crippen LogP) is 1.80. The van der Waals surface area contributed by atoms with E-state index >= 15 is 0 Å². The zero-order valence-electron chi connectivity index (χ0n) is 15.3. The fourth-order valence-electron chi connectivity index (χ4n) is 2.11. The maximum Gasteiger partial charge on any atom is 0.191 e. The quantitative estimate of drug-likeness (QED) is 0.385. The van der Waals surface area contributed by atoms with Gasteiger partial charge in [0.15, 0.2) is 17.5 Å². The molecule has 0 aliphatic heterocycles. The lowest BCUT2D eigenvalue weighted by atomic mass is 10.1. The maximum atomic E-state index is 5.43. The topological polar surface area (TPSA) is 73.3 Å². The minimum absolute atomic E-state index is 0.452.